The highest BCUT2D eigenvalue weighted by molar-refractivity contribution is 6.74. The SMILES string of the molecule is CC1(O)CC(O[Si](C)(C)C(C)(C)C)(c2ncc(B3OC(C)(C)C(C)(C)O3)cn2)C1. The molecule has 1 aromatic heterocycles. The molecule has 1 aliphatic carbocycles. The number of hydrogen-bond donors (Lipinski definition) is 1. The lowest BCUT2D eigenvalue weighted by molar-refractivity contribution is -0.171. The van der Waals surface area contributed by atoms with Gasteiger partial charge in [0.15, 0.2) is 14.1 Å². The maximum absolute atomic E-state index is 10.5. The van der Waals surface area contributed by atoms with Gasteiger partial charge in [0.2, 0.25) is 0 Å². The summed E-state index contributed by atoms with van der Waals surface area (Å²) in [5, 5.41) is 10.6. The maximum Gasteiger partial charge on any atom is 0.498 e. The number of hydrogen-bond acceptors (Lipinski definition) is 6. The first-order valence-corrected chi connectivity index (χ1v) is 13.4. The van der Waals surface area contributed by atoms with Crippen LogP contribution < -0.4 is 5.46 Å². The van der Waals surface area contributed by atoms with Gasteiger partial charge in [-0.05, 0) is 52.8 Å². The van der Waals surface area contributed by atoms with E-state index < -0.39 is 37.8 Å². The van der Waals surface area contributed by atoms with Crippen molar-refractivity contribution in [3.05, 3.63) is 18.2 Å². The highest BCUT2D eigenvalue weighted by Crippen LogP contribution is 2.53. The van der Waals surface area contributed by atoms with Crippen LogP contribution in [0, 0.1) is 0 Å². The molecule has 0 radical (unpaired) electrons. The highest BCUT2D eigenvalue weighted by atomic mass is 28.4. The molecule has 0 aromatic carbocycles. The van der Waals surface area contributed by atoms with Crippen LogP contribution in [-0.4, -0.2) is 47.3 Å². The summed E-state index contributed by atoms with van der Waals surface area (Å²) in [7, 11) is -2.56. The summed E-state index contributed by atoms with van der Waals surface area (Å²) < 4.78 is 19.0. The molecular weight excluding hydrogens is 383 g/mol. The van der Waals surface area contributed by atoms with E-state index in [9.17, 15) is 5.11 Å². The minimum Gasteiger partial charge on any atom is -0.404 e. The van der Waals surface area contributed by atoms with Crippen molar-refractivity contribution in [1.82, 2.24) is 9.97 Å². The average molecular weight is 420 g/mol. The van der Waals surface area contributed by atoms with Crippen molar-refractivity contribution in [1.29, 1.82) is 0 Å². The van der Waals surface area contributed by atoms with Crippen molar-refractivity contribution in [3.8, 4) is 0 Å². The molecule has 0 bridgehead atoms. The van der Waals surface area contributed by atoms with Gasteiger partial charge in [-0.2, -0.15) is 0 Å². The van der Waals surface area contributed by atoms with Crippen LogP contribution in [-0.2, 0) is 19.3 Å². The van der Waals surface area contributed by atoms with E-state index >= 15 is 0 Å². The summed E-state index contributed by atoms with van der Waals surface area (Å²) >= 11 is 0. The third kappa shape index (κ3) is 4.06. The molecule has 3 rings (SSSR count). The van der Waals surface area contributed by atoms with Crippen LogP contribution >= 0.6 is 0 Å². The molecule has 2 aliphatic rings. The second kappa shape index (κ2) is 6.60. The predicted molar refractivity (Wildman–Crippen MR) is 118 cm³/mol. The summed E-state index contributed by atoms with van der Waals surface area (Å²) in [6, 6.07) is 0. The first-order valence-electron chi connectivity index (χ1n) is 10.5. The molecule has 0 atom stereocenters. The Balaban J connectivity index is 1.86. The predicted octanol–water partition coefficient (Wildman–Crippen LogP) is 3.54. The van der Waals surface area contributed by atoms with Crippen LogP contribution in [0.5, 0.6) is 0 Å². The van der Waals surface area contributed by atoms with Crippen LogP contribution in [0.2, 0.25) is 18.1 Å². The standard InChI is InChI=1S/C21H37BN2O4Si/c1-17(2,3)29(9,10)28-21(13-20(8,25)14-21)16-23-11-15(12-24-16)22-26-18(4,5)19(6,7)27-22/h11-12,25H,13-14H2,1-10H3. The van der Waals surface area contributed by atoms with Gasteiger partial charge < -0.3 is 18.8 Å². The Kier molecular flexibility index (Phi) is 5.20. The normalized spacial score (nSPS) is 31.6. The van der Waals surface area contributed by atoms with Gasteiger partial charge in [0.1, 0.15) is 5.60 Å². The third-order valence-electron chi connectivity index (χ3n) is 7.19. The van der Waals surface area contributed by atoms with Crippen LogP contribution in [0.1, 0.15) is 74.1 Å². The molecule has 1 N–H and O–H groups in total. The zero-order chi connectivity index (χ0) is 22.1. The Hall–Kier alpha value is -0.798. The molecule has 1 saturated heterocycles. The summed E-state index contributed by atoms with van der Waals surface area (Å²) in [5.41, 5.74) is -1.41. The molecule has 0 unspecified atom stereocenters. The average Bonchev–Trinajstić information content (AvgIpc) is 2.72. The van der Waals surface area contributed by atoms with Gasteiger partial charge in [-0.1, -0.05) is 20.8 Å². The fourth-order valence-electron chi connectivity index (χ4n) is 3.77. The van der Waals surface area contributed by atoms with Crippen LogP contribution in [0.25, 0.3) is 0 Å². The molecule has 0 amide bonds. The van der Waals surface area contributed by atoms with Gasteiger partial charge in [0.25, 0.3) is 0 Å². The molecule has 29 heavy (non-hydrogen) atoms. The second-order valence-electron chi connectivity index (χ2n) is 11.6. The zero-order valence-corrected chi connectivity index (χ0v) is 20.7. The molecule has 0 spiro atoms. The molecule has 1 saturated carbocycles. The molecule has 162 valence electrons. The summed E-state index contributed by atoms with van der Waals surface area (Å²) in [4.78, 5) is 9.32. The van der Waals surface area contributed by atoms with Gasteiger partial charge in [-0.3, -0.25) is 0 Å². The molecule has 2 heterocycles. The summed E-state index contributed by atoms with van der Waals surface area (Å²) in [6.45, 7) is 21.0. The van der Waals surface area contributed by atoms with Gasteiger partial charge in [-0.25, -0.2) is 9.97 Å². The van der Waals surface area contributed by atoms with Gasteiger partial charge in [-0.15, -0.1) is 0 Å². The van der Waals surface area contributed by atoms with Crippen LogP contribution in [0.4, 0.5) is 0 Å². The molecule has 1 aliphatic heterocycles. The smallest absolute Gasteiger partial charge is 0.404 e. The van der Waals surface area contributed by atoms with Crippen molar-refractivity contribution in [2.24, 2.45) is 0 Å². The minimum absolute atomic E-state index is 0.0596. The lowest BCUT2D eigenvalue weighted by Crippen LogP contribution is -2.60. The number of nitrogens with zero attached hydrogens (tertiary/aromatic N) is 2. The Morgan fingerprint density at radius 2 is 1.45 bits per heavy atom. The van der Waals surface area contributed by atoms with E-state index in [-0.39, 0.29) is 5.04 Å². The van der Waals surface area contributed by atoms with E-state index in [1.165, 1.54) is 0 Å². The van der Waals surface area contributed by atoms with Crippen molar-refractivity contribution in [2.75, 3.05) is 0 Å². The third-order valence-corrected chi connectivity index (χ3v) is 11.7. The Bertz CT molecular complexity index is 748. The topological polar surface area (TPSA) is 73.7 Å². The monoisotopic (exact) mass is 420 g/mol. The summed E-state index contributed by atoms with van der Waals surface area (Å²) in [5.74, 6) is 0.633. The molecular formula is C21H37BN2O4Si. The number of rotatable bonds is 4. The first kappa shape index (κ1) is 22.9. The van der Waals surface area contributed by atoms with E-state index in [0.717, 1.165) is 5.46 Å². The van der Waals surface area contributed by atoms with Crippen LogP contribution in [0.3, 0.4) is 0 Å². The number of aromatic nitrogens is 2. The summed E-state index contributed by atoms with van der Waals surface area (Å²) in [6.07, 6.45) is 4.55. The molecule has 1 aromatic rings. The quantitative estimate of drug-likeness (QED) is 0.752. The minimum atomic E-state index is -2.07. The maximum atomic E-state index is 10.5. The lowest BCUT2D eigenvalue weighted by Gasteiger charge is -2.55. The molecule has 6 nitrogen and oxygen atoms in total. The zero-order valence-electron chi connectivity index (χ0n) is 19.7. The lowest BCUT2D eigenvalue weighted by atomic mass is 9.68. The number of aliphatic hydroxyl groups is 1. The first-order chi connectivity index (χ1) is 12.9. The Morgan fingerprint density at radius 1 is 1.00 bits per heavy atom. The van der Waals surface area contributed by atoms with Crippen LogP contribution in [0.15, 0.2) is 12.4 Å². The Morgan fingerprint density at radius 3 is 1.83 bits per heavy atom. The van der Waals surface area contributed by atoms with Gasteiger partial charge in [0, 0.05) is 30.7 Å². The van der Waals surface area contributed by atoms with Crippen molar-refractivity contribution < 1.29 is 18.8 Å². The fraction of sp³-hybridized carbons (Fsp3) is 0.810. The van der Waals surface area contributed by atoms with E-state index in [1.54, 1.807) is 12.4 Å². The Labute approximate surface area is 177 Å². The molecule has 8 heteroatoms. The van der Waals surface area contributed by atoms with Gasteiger partial charge >= 0.3 is 7.12 Å². The van der Waals surface area contributed by atoms with Crippen molar-refractivity contribution in [3.63, 3.8) is 0 Å². The largest absolute Gasteiger partial charge is 0.498 e. The molecule has 2 fully saturated rings. The highest BCUT2D eigenvalue weighted by Gasteiger charge is 2.59. The van der Waals surface area contributed by atoms with Crippen molar-refractivity contribution >= 4 is 20.9 Å². The van der Waals surface area contributed by atoms with E-state index in [2.05, 4.69) is 43.8 Å². The second-order valence-corrected chi connectivity index (χ2v) is 16.4. The van der Waals surface area contributed by atoms with Crippen molar-refractivity contribution in [2.45, 2.75) is 109 Å². The van der Waals surface area contributed by atoms with E-state index in [1.807, 2.05) is 34.6 Å². The fourth-order valence-corrected chi connectivity index (χ4v) is 5.29. The van der Waals surface area contributed by atoms with Gasteiger partial charge in [0.05, 0.1) is 16.8 Å². The van der Waals surface area contributed by atoms with E-state index in [0.29, 0.717) is 18.7 Å². The van der Waals surface area contributed by atoms with E-state index in [4.69, 9.17) is 13.7 Å².